The molecule has 0 unspecified atom stereocenters. The Morgan fingerprint density at radius 3 is 2.94 bits per heavy atom. The molecule has 4 nitrogen and oxygen atoms in total. The number of hydrogen-bond acceptors (Lipinski definition) is 5. The number of benzene rings is 1. The van der Waals surface area contributed by atoms with E-state index >= 15 is 0 Å². The number of rotatable bonds is 4. The summed E-state index contributed by atoms with van der Waals surface area (Å²) in [6.45, 7) is 0.503. The van der Waals surface area contributed by atoms with E-state index in [1.807, 2.05) is 0 Å². The van der Waals surface area contributed by atoms with Gasteiger partial charge in [-0.1, -0.05) is 17.4 Å². The second kappa shape index (κ2) is 5.20. The number of methoxy groups -OCH3 is 1. The van der Waals surface area contributed by atoms with Crippen molar-refractivity contribution in [1.82, 2.24) is 10.2 Å². The van der Waals surface area contributed by atoms with Crippen LogP contribution in [0.1, 0.15) is 5.01 Å². The Morgan fingerprint density at radius 1 is 1.41 bits per heavy atom. The minimum Gasteiger partial charge on any atom is -0.496 e. The maximum Gasteiger partial charge on any atom is 0.154 e. The summed E-state index contributed by atoms with van der Waals surface area (Å²) in [5, 5.41) is 9.25. The lowest BCUT2D eigenvalue weighted by molar-refractivity contribution is 0.413. The Hall–Kier alpha value is -1.53. The van der Waals surface area contributed by atoms with Crippen molar-refractivity contribution >= 4 is 11.3 Å². The molecular weight excluding hydrogens is 241 g/mol. The van der Waals surface area contributed by atoms with Gasteiger partial charge in [0.05, 0.1) is 12.7 Å². The molecule has 0 bridgehead atoms. The van der Waals surface area contributed by atoms with E-state index in [2.05, 4.69) is 10.2 Å². The van der Waals surface area contributed by atoms with E-state index < -0.39 is 0 Å². The largest absolute Gasteiger partial charge is 0.496 e. The molecule has 0 radical (unpaired) electrons. The predicted molar refractivity (Wildman–Crippen MR) is 64.6 cm³/mol. The second-order valence-electron chi connectivity index (χ2n) is 3.36. The van der Waals surface area contributed by atoms with Crippen LogP contribution in [0.25, 0.3) is 10.6 Å². The van der Waals surface area contributed by atoms with E-state index in [1.54, 1.807) is 12.1 Å². The zero-order valence-corrected chi connectivity index (χ0v) is 10.1. The fourth-order valence-electron chi connectivity index (χ4n) is 1.46. The summed E-state index contributed by atoms with van der Waals surface area (Å²) in [7, 11) is 1.50. The normalized spacial score (nSPS) is 10.5. The molecule has 0 aliphatic heterocycles. The van der Waals surface area contributed by atoms with Crippen LogP contribution in [0.4, 0.5) is 4.39 Å². The molecule has 2 N–H and O–H groups in total. The molecule has 0 aliphatic rings. The van der Waals surface area contributed by atoms with E-state index in [0.717, 1.165) is 5.01 Å². The molecule has 2 rings (SSSR count). The Kier molecular flexibility index (Phi) is 3.65. The smallest absolute Gasteiger partial charge is 0.154 e. The van der Waals surface area contributed by atoms with Gasteiger partial charge in [-0.05, 0) is 18.7 Å². The molecule has 0 aliphatic carbocycles. The second-order valence-corrected chi connectivity index (χ2v) is 4.42. The quantitative estimate of drug-likeness (QED) is 0.903. The van der Waals surface area contributed by atoms with Crippen LogP contribution < -0.4 is 10.5 Å². The molecule has 6 heteroatoms. The third-order valence-electron chi connectivity index (χ3n) is 2.23. The van der Waals surface area contributed by atoms with E-state index in [1.165, 1.54) is 24.5 Å². The molecule has 17 heavy (non-hydrogen) atoms. The van der Waals surface area contributed by atoms with Crippen molar-refractivity contribution in [2.45, 2.75) is 6.42 Å². The van der Waals surface area contributed by atoms with Crippen molar-refractivity contribution in [2.75, 3.05) is 13.7 Å². The molecule has 0 fully saturated rings. The summed E-state index contributed by atoms with van der Waals surface area (Å²) in [6, 6.07) is 4.67. The van der Waals surface area contributed by atoms with Crippen LogP contribution >= 0.6 is 11.3 Å². The van der Waals surface area contributed by atoms with Crippen molar-refractivity contribution in [1.29, 1.82) is 0 Å². The number of nitrogens with two attached hydrogens (primary N) is 1. The number of halogens is 1. The Labute approximate surface area is 102 Å². The van der Waals surface area contributed by atoms with Gasteiger partial charge in [0.1, 0.15) is 16.6 Å². The lowest BCUT2D eigenvalue weighted by Gasteiger charge is -2.05. The molecule has 0 spiro atoms. The first-order valence-corrected chi connectivity index (χ1v) is 5.93. The van der Waals surface area contributed by atoms with Crippen molar-refractivity contribution in [2.24, 2.45) is 5.73 Å². The van der Waals surface area contributed by atoms with E-state index in [-0.39, 0.29) is 5.82 Å². The van der Waals surface area contributed by atoms with Crippen molar-refractivity contribution in [3.63, 3.8) is 0 Å². The van der Waals surface area contributed by atoms with E-state index in [4.69, 9.17) is 10.5 Å². The summed E-state index contributed by atoms with van der Waals surface area (Å²) in [6.07, 6.45) is 0.647. The predicted octanol–water partition coefficient (Wildman–Crippen LogP) is 1.85. The lowest BCUT2D eigenvalue weighted by Crippen LogP contribution is -2.01. The highest BCUT2D eigenvalue weighted by atomic mass is 32.1. The molecule has 0 atom stereocenters. The number of ether oxygens (including phenoxy) is 1. The average Bonchev–Trinajstić information content (AvgIpc) is 2.77. The molecule has 0 saturated heterocycles. The summed E-state index contributed by atoms with van der Waals surface area (Å²) in [4.78, 5) is 0. The summed E-state index contributed by atoms with van der Waals surface area (Å²) < 4.78 is 18.9. The Bertz CT molecular complexity index is 515. The first kappa shape index (κ1) is 11.9. The average molecular weight is 253 g/mol. The summed E-state index contributed by atoms with van der Waals surface area (Å²) >= 11 is 1.33. The number of nitrogens with zero attached hydrogens (tertiary/aromatic N) is 2. The number of hydrogen-bond donors (Lipinski definition) is 1. The van der Waals surface area contributed by atoms with Crippen LogP contribution in [0.5, 0.6) is 5.75 Å². The first-order chi connectivity index (χ1) is 8.26. The van der Waals surface area contributed by atoms with Gasteiger partial charge in [0.15, 0.2) is 5.01 Å². The summed E-state index contributed by atoms with van der Waals surface area (Å²) in [5.74, 6) is 0.0975. The number of aromatic nitrogens is 2. The molecule has 90 valence electrons. The van der Waals surface area contributed by atoms with Gasteiger partial charge in [0.25, 0.3) is 0 Å². The van der Waals surface area contributed by atoms with Crippen LogP contribution in [0.15, 0.2) is 18.2 Å². The highest BCUT2D eigenvalue weighted by molar-refractivity contribution is 7.14. The SMILES string of the molecule is COc1cccc(F)c1-c1nnc(CCN)s1. The molecule has 0 saturated carbocycles. The molecule has 1 aromatic carbocycles. The van der Waals surface area contributed by atoms with Crippen LogP contribution in [0.3, 0.4) is 0 Å². The topological polar surface area (TPSA) is 61.0 Å². The van der Waals surface area contributed by atoms with Gasteiger partial charge in [-0.15, -0.1) is 10.2 Å². The van der Waals surface area contributed by atoms with Gasteiger partial charge >= 0.3 is 0 Å². The lowest BCUT2D eigenvalue weighted by atomic mass is 10.2. The highest BCUT2D eigenvalue weighted by Crippen LogP contribution is 2.34. The highest BCUT2D eigenvalue weighted by Gasteiger charge is 2.16. The zero-order valence-electron chi connectivity index (χ0n) is 9.31. The van der Waals surface area contributed by atoms with Crippen LogP contribution in [0.2, 0.25) is 0 Å². The van der Waals surface area contributed by atoms with Crippen molar-refractivity contribution in [3.8, 4) is 16.3 Å². The molecule has 2 aromatic rings. The third kappa shape index (κ3) is 2.42. The van der Waals surface area contributed by atoms with Gasteiger partial charge in [-0.2, -0.15) is 0 Å². The van der Waals surface area contributed by atoms with Gasteiger partial charge in [0.2, 0.25) is 0 Å². The standard InChI is InChI=1S/C11H12FN3OS/c1-16-8-4-2-3-7(12)10(8)11-15-14-9(17-11)5-6-13/h2-4H,5-6,13H2,1H3. The van der Waals surface area contributed by atoms with Gasteiger partial charge in [0, 0.05) is 6.42 Å². The van der Waals surface area contributed by atoms with E-state index in [0.29, 0.717) is 29.3 Å². The fraction of sp³-hybridized carbons (Fsp3) is 0.273. The molecule has 1 aromatic heterocycles. The zero-order chi connectivity index (χ0) is 12.3. The van der Waals surface area contributed by atoms with Crippen molar-refractivity contribution in [3.05, 3.63) is 29.0 Å². The van der Waals surface area contributed by atoms with Gasteiger partial charge in [-0.3, -0.25) is 0 Å². The Balaban J connectivity index is 2.44. The maximum absolute atomic E-state index is 13.8. The van der Waals surface area contributed by atoms with Gasteiger partial charge < -0.3 is 10.5 Å². The monoisotopic (exact) mass is 253 g/mol. The Morgan fingerprint density at radius 2 is 2.24 bits per heavy atom. The van der Waals surface area contributed by atoms with E-state index in [9.17, 15) is 4.39 Å². The van der Waals surface area contributed by atoms with Crippen molar-refractivity contribution < 1.29 is 9.13 Å². The van der Waals surface area contributed by atoms with Crippen LogP contribution in [-0.4, -0.2) is 23.9 Å². The minimum atomic E-state index is -0.361. The summed E-state index contributed by atoms with van der Waals surface area (Å²) in [5.41, 5.74) is 5.79. The maximum atomic E-state index is 13.8. The molecular formula is C11H12FN3OS. The molecule has 0 amide bonds. The van der Waals surface area contributed by atoms with Gasteiger partial charge in [-0.25, -0.2) is 4.39 Å². The third-order valence-corrected chi connectivity index (χ3v) is 3.23. The fourth-order valence-corrected chi connectivity index (χ4v) is 2.37. The van der Waals surface area contributed by atoms with Crippen LogP contribution in [0, 0.1) is 5.82 Å². The molecule has 1 heterocycles. The van der Waals surface area contributed by atoms with Crippen LogP contribution in [-0.2, 0) is 6.42 Å². The minimum absolute atomic E-state index is 0.357. The first-order valence-electron chi connectivity index (χ1n) is 5.11.